The Hall–Kier alpha value is -2.71. The van der Waals surface area contributed by atoms with Gasteiger partial charge >= 0.3 is 6.97 Å². The number of allylic oxidation sites excluding steroid dienone is 2. The molecule has 2 aliphatic heterocycles. The number of pyridine rings is 2. The molecule has 214 valence electrons. The molecule has 0 saturated heterocycles. The van der Waals surface area contributed by atoms with Gasteiger partial charge in [0.1, 0.15) is 5.71 Å². The lowest BCUT2D eigenvalue weighted by molar-refractivity contribution is -0.363. The number of nitrogens with zero attached hydrogens (tertiary/aromatic N) is 5. The van der Waals surface area contributed by atoms with E-state index in [1.807, 2.05) is 62.6 Å². The Morgan fingerprint density at radius 3 is 1.98 bits per heavy atom. The Morgan fingerprint density at radius 2 is 1.43 bits per heavy atom. The van der Waals surface area contributed by atoms with Gasteiger partial charge in [-0.15, -0.1) is 0 Å². The molecular formula is C32H30BF2I2N5. The fourth-order valence-electron chi connectivity index (χ4n) is 6.20. The summed E-state index contributed by atoms with van der Waals surface area (Å²) in [6.45, 7) is 5.55. The van der Waals surface area contributed by atoms with Gasteiger partial charge in [0.2, 0.25) is 0 Å². The molecule has 6 rings (SSSR count). The summed E-state index contributed by atoms with van der Waals surface area (Å²) >= 11 is 4.42. The molecule has 0 radical (unpaired) electrons. The standard InChI is InChI=1S/C32H30BF2I2N5/c1-20-29(36)22(3)41-31(20)28(32-21(2)30(37)23(4)42(32)33(41,34)35)25-13-11-24(12-14-25)17-40(18-26-9-5-7-15-38-26)19-27-10-6-8-16-39-27/h5-16H,17-19H2,1-4H3. The van der Waals surface area contributed by atoms with E-state index in [1.165, 1.54) is 8.96 Å². The molecule has 1 aromatic carbocycles. The molecule has 0 N–H and O–H groups in total. The van der Waals surface area contributed by atoms with Crippen molar-refractivity contribution in [2.24, 2.45) is 0 Å². The van der Waals surface area contributed by atoms with Crippen LogP contribution in [0, 0.1) is 17.4 Å². The highest BCUT2D eigenvalue weighted by Gasteiger charge is 2.56. The highest BCUT2D eigenvalue weighted by Crippen LogP contribution is 2.47. The average molecular weight is 787 g/mol. The fraction of sp³-hybridized carbons (Fsp3) is 0.219. The lowest BCUT2D eigenvalue weighted by Gasteiger charge is -2.34. The predicted molar refractivity (Wildman–Crippen MR) is 182 cm³/mol. The zero-order valence-electron chi connectivity index (χ0n) is 23.9. The van der Waals surface area contributed by atoms with Gasteiger partial charge in [-0.3, -0.25) is 14.9 Å². The largest absolute Gasteiger partial charge is 0.737 e. The van der Waals surface area contributed by atoms with Crippen molar-refractivity contribution in [3.63, 3.8) is 0 Å². The maximum atomic E-state index is 16.3. The van der Waals surface area contributed by atoms with E-state index in [2.05, 4.69) is 84.3 Å². The minimum atomic E-state index is -4.03. The molecule has 0 spiro atoms. The number of halogens is 4. The number of hydrogen-bond donors (Lipinski definition) is 0. The topological polar surface area (TPSA) is 37.0 Å². The van der Waals surface area contributed by atoms with E-state index in [-0.39, 0.29) is 0 Å². The number of benzene rings is 1. The van der Waals surface area contributed by atoms with Gasteiger partial charge in [0.05, 0.1) is 20.5 Å². The number of fused-ring (bicyclic) bond motifs is 2. The van der Waals surface area contributed by atoms with Gasteiger partial charge in [0.15, 0.2) is 5.70 Å². The first-order chi connectivity index (χ1) is 20.1. The Bertz CT molecular complexity index is 1740. The van der Waals surface area contributed by atoms with Crippen LogP contribution in [0.3, 0.4) is 0 Å². The Morgan fingerprint density at radius 1 is 0.833 bits per heavy atom. The van der Waals surface area contributed by atoms with E-state index in [4.69, 9.17) is 0 Å². The highest BCUT2D eigenvalue weighted by atomic mass is 127. The van der Waals surface area contributed by atoms with Gasteiger partial charge < -0.3 is 17.6 Å². The lowest BCUT2D eigenvalue weighted by Crippen LogP contribution is -2.51. The molecule has 3 aromatic heterocycles. The molecule has 0 unspecified atom stereocenters. The number of aromatic nitrogens is 3. The second-order valence-corrected chi connectivity index (χ2v) is 13.1. The summed E-state index contributed by atoms with van der Waals surface area (Å²) in [4.78, 5) is 11.4. The van der Waals surface area contributed by atoms with Crippen LogP contribution in [0.25, 0.3) is 5.57 Å². The summed E-state index contributed by atoms with van der Waals surface area (Å²) in [6.07, 6.45) is 3.63. The van der Waals surface area contributed by atoms with E-state index >= 15 is 8.63 Å². The second kappa shape index (κ2) is 11.4. The van der Waals surface area contributed by atoms with Crippen LogP contribution in [0.4, 0.5) is 8.63 Å². The van der Waals surface area contributed by atoms with E-state index in [1.54, 1.807) is 13.8 Å². The van der Waals surface area contributed by atoms with Gasteiger partial charge in [-0.2, -0.15) is 0 Å². The molecule has 2 aliphatic rings. The third kappa shape index (κ3) is 4.98. The summed E-state index contributed by atoms with van der Waals surface area (Å²) in [7, 11) is 0. The van der Waals surface area contributed by atoms with Gasteiger partial charge in [-0.1, -0.05) is 36.4 Å². The van der Waals surface area contributed by atoms with Gasteiger partial charge in [-0.05, 0) is 113 Å². The lowest BCUT2D eigenvalue weighted by atomic mass is 9.83. The van der Waals surface area contributed by atoms with Crippen molar-refractivity contribution in [3.8, 4) is 0 Å². The maximum absolute atomic E-state index is 16.3. The Kier molecular flexibility index (Phi) is 7.99. The van der Waals surface area contributed by atoms with Crippen LogP contribution in [0.5, 0.6) is 0 Å². The minimum absolute atomic E-state index is 0.605. The first kappa shape index (κ1) is 29.4. The maximum Gasteiger partial charge on any atom is 0.737 e. The van der Waals surface area contributed by atoms with Crippen molar-refractivity contribution >= 4 is 63.4 Å². The average Bonchev–Trinajstić information content (AvgIpc) is 3.35. The number of rotatable bonds is 7. The van der Waals surface area contributed by atoms with Crippen molar-refractivity contribution in [3.05, 3.63) is 131 Å². The van der Waals surface area contributed by atoms with Crippen molar-refractivity contribution in [1.29, 1.82) is 0 Å². The summed E-state index contributed by atoms with van der Waals surface area (Å²) in [6, 6.07) is 20.3. The molecule has 0 atom stereocenters. The molecule has 42 heavy (non-hydrogen) atoms. The van der Waals surface area contributed by atoms with Crippen LogP contribution in [0.1, 0.15) is 53.3 Å². The molecule has 0 bridgehead atoms. The molecule has 10 heteroatoms. The molecule has 5 heterocycles. The normalized spacial score (nSPS) is 16.0. The SMILES string of the molecule is CC1=C(I)C(C)=[N+]2C1=C(c1ccc(CN(Cc3ccccn3)Cc3ccccn3)cc1)c1c(C)c(I)c(C)n1[B-]2(F)F. The van der Waals surface area contributed by atoms with E-state index in [0.29, 0.717) is 42.4 Å². The van der Waals surface area contributed by atoms with Crippen molar-refractivity contribution in [1.82, 2.24) is 19.3 Å². The fourth-order valence-corrected chi connectivity index (χ4v) is 7.23. The third-order valence-electron chi connectivity index (χ3n) is 8.18. The molecule has 0 amide bonds. The first-order valence-corrected chi connectivity index (χ1v) is 16.0. The van der Waals surface area contributed by atoms with Gasteiger partial charge in [0, 0.05) is 53.8 Å². The van der Waals surface area contributed by atoms with Crippen LogP contribution >= 0.6 is 45.2 Å². The molecule has 4 aromatic rings. The first-order valence-electron chi connectivity index (χ1n) is 13.8. The van der Waals surface area contributed by atoms with Crippen molar-refractivity contribution < 1.29 is 13.1 Å². The van der Waals surface area contributed by atoms with Crippen molar-refractivity contribution in [2.45, 2.75) is 47.3 Å². The van der Waals surface area contributed by atoms with Gasteiger partial charge in [0.25, 0.3) is 0 Å². The van der Waals surface area contributed by atoms with Crippen LogP contribution in [0.15, 0.2) is 87.9 Å². The van der Waals surface area contributed by atoms with Crippen LogP contribution in [-0.4, -0.2) is 36.5 Å². The third-order valence-corrected chi connectivity index (χ3v) is 11.4. The predicted octanol–water partition coefficient (Wildman–Crippen LogP) is 7.89. The second-order valence-electron chi connectivity index (χ2n) is 10.9. The number of hydrogen-bond acceptors (Lipinski definition) is 3. The summed E-state index contributed by atoms with van der Waals surface area (Å²) < 4.78 is 37.0. The van der Waals surface area contributed by atoms with Crippen LogP contribution in [0.2, 0.25) is 0 Å². The molecular weight excluding hydrogens is 757 g/mol. The summed E-state index contributed by atoms with van der Waals surface area (Å²) in [5, 5.41) is 0. The minimum Gasteiger partial charge on any atom is -0.392 e. The van der Waals surface area contributed by atoms with E-state index in [0.717, 1.165) is 46.4 Å². The Labute approximate surface area is 272 Å². The molecule has 5 nitrogen and oxygen atoms in total. The molecule has 0 saturated carbocycles. The molecule has 0 aliphatic carbocycles. The van der Waals surface area contributed by atoms with E-state index < -0.39 is 6.97 Å². The monoisotopic (exact) mass is 787 g/mol. The smallest absolute Gasteiger partial charge is 0.392 e. The van der Waals surface area contributed by atoms with Crippen LogP contribution in [-0.2, 0) is 19.6 Å². The zero-order chi connectivity index (χ0) is 29.8. The quantitative estimate of drug-likeness (QED) is 0.141. The molecule has 0 fully saturated rings. The van der Waals surface area contributed by atoms with Crippen LogP contribution < -0.4 is 0 Å². The summed E-state index contributed by atoms with van der Waals surface area (Å²) in [5.74, 6) is 0. The Balaban J connectivity index is 1.41. The summed E-state index contributed by atoms with van der Waals surface area (Å²) in [5.41, 5.74) is 9.14. The highest BCUT2D eigenvalue weighted by molar-refractivity contribution is 14.1. The van der Waals surface area contributed by atoms with Gasteiger partial charge in [-0.25, -0.2) is 0 Å². The zero-order valence-corrected chi connectivity index (χ0v) is 28.2. The van der Waals surface area contributed by atoms with Crippen molar-refractivity contribution in [2.75, 3.05) is 0 Å². The van der Waals surface area contributed by atoms with E-state index in [9.17, 15) is 0 Å².